The van der Waals surface area contributed by atoms with Crippen molar-refractivity contribution >= 4 is 28.7 Å². The third-order valence-corrected chi connectivity index (χ3v) is 3.02. The molecule has 1 aliphatic rings. The molecule has 1 aliphatic heterocycles. The van der Waals surface area contributed by atoms with E-state index in [4.69, 9.17) is 10.2 Å². The maximum absolute atomic E-state index is 11.3. The number of para-hydroxylation sites is 1. The molecule has 0 radical (unpaired) electrons. The average Bonchev–Trinajstić information content (AvgIpc) is 2.67. The summed E-state index contributed by atoms with van der Waals surface area (Å²) in [4.78, 5) is 17.6. The number of hydrogen-bond acceptors (Lipinski definition) is 5. The molecule has 94 valence electrons. The summed E-state index contributed by atoms with van der Waals surface area (Å²) in [7, 11) is 0. The third-order valence-electron chi connectivity index (χ3n) is 3.02. The summed E-state index contributed by atoms with van der Waals surface area (Å²) < 4.78 is 5.67. The fraction of sp³-hybridized carbons (Fsp3) is 0.333. The van der Waals surface area contributed by atoms with Crippen LogP contribution < -0.4 is 16.0 Å². The molecule has 3 N–H and O–H groups in total. The molecule has 1 amide bonds. The Morgan fingerprint density at radius 1 is 1.39 bits per heavy atom. The van der Waals surface area contributed by atoms with E-state index in [0.717, 1.165) is 0 Å². The van der Waals surface area contributed by atoms with Crippen molar-refractivity contribution in [3.8, 4) is 0 Å². The van der Waals surface area contributed by atoms with Crippen molar-refractivity contribution in [3.63, 3.8) is 0 Å². The summed E-state index contributed by atoms with van der Waals surface area (Å²) >= 11 is 0. The van der Waals surface area contributed by atoms with E-state index in [9.17, 15) is 4.79 Å². The van der Waals surface area contributed by atoms with Crippen LogP contribution in [0, 0.1) is 0 Å². The predicted octanol–water partition coefficient (Wildman–Crippen LogP) is 0.736. The largest absolute Gasteiger partial charge is 0.423 e. The molecule has 0 bridgehead atoms. The Hall–Kier alpha value is -2.24. The third kappa shape index (κ3) is 1.85. The summed E-state index contributed by atoms with van der Waals surface area (Å²) in [5, 5.41) is 2.81. The summed E-state index contributed by atoms with van der Waals surface area (Å²) in [5.74, 6) is 0.0631. The van der Waals surface area contributed by atoms with Crippen molar-refractivity contribution in [3.05, 3.63) is 18.2 Å². The van der Waals surface area contributed by atoms with Crippen molar-refractivity contribution in [2.75, 3.05) is 30.3 Å². The minimum absolute atomic E-state index is 0.0631. The number of nitrogens with zero attached hydrogens (tertiary/aromatic N) is 2. The Morgan fingerprint density at radius 2 is 2.28 bits per heavy atom. The average molecular weight is 246 g/mol. The van der Waals surface area contributed by atoms with Crippen LogP contribution in [0.4, 0.5) is 11.7 Å². The minimum Gasteiger partial charge on any atom is -0.423 e. The van der Waals surface area contributed by atoms with E-state index in [-0.39, 0.29) is 5.91 Å². The second kappa shape index (κ2) is 4.21. The molecule has 2 aromatic rings. The number of amides is 1. The number of fused-ring (bicyclic) bond motifs is 1. The summed E-state index contributed by atoms with van der Waals surface area (Å²) in [5.41, 5.74) is 7.80. The Labute approximate surface area is 104 Å². The van der Waals surface area contributed by atoms with Gasteiger partial charge in [0.05, 0.1) is 5.69 Å². The van der Waals surface area contributed by atoms with E-state index < -0.39 is 0 Å². The molecule has 0 spiro atoms. The molecule has 0 aliphatic carbocycles. The molecule has 2 heterocycles. The van der Waals surface area contributed by atoms with Gasteiger partial charge in [0.1, 0.15) is 5.52 Å². The fourth-order valence-corrected chi connectivity index (χ4v) is 2.05. The fourth-order valence-electron chi connectivity index (χ4n) is 2.05. The lowest BCUT2D eigenvalue weighted by atomic mass is 10.3. The van der Waals surface area contributed by atoms with E-state index in [1.54, 1.807) is 6.07 Å². The number of benzene rings is 1. The number of hydrogen-bond donors (Lipinski definition) is 2. The molecule has 0 atom stereocenters. The maximum atomic E-state index is 11.3. The molecule has 1 fully saturated rings. The van der Waals surface area contributed by atoms with E-state index in [1.165, 1.54) is 0 Å². The zero-order valence-corrected chi connectivity index (χ0v) is 9.85. The van der Waals surface area contributed by atoms with Crippen LogP contribution >= 0.6 is 0 Å². The summed E-state index contributed by atoms with van der Waals surface area (Å²) in [6.07, 6.45) is 0.453. The van der Waals surface area contributed by atoms with Crippen LogP contribution in [-0.2, 0) is 4.79 Å². The highest BCUT2D eigenvalue weighted by Gasteiger charge is 2.18. The number of aromatic nitrogens is 1. The number of nitrogens with one attached hydrogen (secondary N) is 1. The number of nitrogen functional groups attached to an aromatic ring is 1. The zero-order valence-electron chi connectivity index (χ0n) is 9.85. The standard InChI is InChI=1S/C12H14N4O2/c13-8-2-1-3-9-11(8)15-12(18-9)16-6-4-10(17)14-5-7-16/h1-3H,4-7,13H2,(H,14,17). The number of carbonyl (C=O) groups is 1. The number of anilines is 2. The molecular formula is C12H14N4O2. The Balaban J connectivity index is 1.94. The number of rotatable bonds is 1. The first-order valence-corrected chi connectivity index (χ1v) is 5.91. The smallest absolute Gasteiger partial charge is 0.298 e. The zero-order chi connectivity index (χ0) is 12.5. The van der Waals surface area contributed by atoms with Crippen LogP contribution in [-0.4, -0.2) is 30.5 Å². The van der Waals surface area contributed by atoms with Crippen molar-refractivity contribution in [2.45, 2.75) is 6.42 Å². The van der Waals surface area contributed by atoms with Crippen LogP contribution in [0.5, 0.6) is 0 Å². The first kappa shape index (κ1) is 10.9. The van der Waals surface area contributed by atoms with Crippen molar-refractivity contribution < 1.29 is 9.21 Å². The highest BCUT2D eigenvalue weighted by molar-refractivity contribution is 5.86. The quantitative estimate of drug-likeness (QED) is 0.725. The van der Waals surface area contributed by atoms with Gasteiger partial charge in [-0.15, -0.1) is 0 Å². The van der Waals surface area contributed by atoms with Crippen LogP contribution in [0.2, 0.25) is 0 Å². The number of oxazole rings is 1. The van der Waals surface area contributed by atoms with E-state index in [0.29, 0.717) is 48.9 Å². The van der Waals surface area contributed by atoms with Crippen LogP contribution in [0.15, 0.2) is 22.6 Å². The molecule has 0 saturated carbocycles. The van der Waals surface area contributed by atoms with Gasteiger partial charge in [-0.3, -0.25) is 4.79 Å². The van der Waals surface area contributed by atoms with E-state index >= 15 is 0 Å². The van der Waals surface area contributed by atoms with Crippen LogP contribution in [0.25, 0.3) is 11.1 Å². The lowest BCUT2D eigenvalue weighted by Crippen LogP contribution is -2.28. The molecular weight excluding hydrogens is 232 g/mol. The van der Waals surface area contributed by atoms with Gasteiger partial charge >= 0.3 is 0 Å². The molecule has 1 aromatic heterocycles. The normalized spacial score (nSPS) is 16.7. The van der Waals surface area contributed by atoms with E-state index in [1.807, 2.05) is 17.0 Å². The predicted molar refractivity (Wildman–Crippen MR) is 68.3 cm³/mol. The molecule has 3 rings (SSSR count). The lowest BCUT2D eigenvalue weighted by molar-refractivity contribution is -0.120. The lowest BCUT2D eigenvalue weighted by Gasteiger charge is -2.15. The van der Waals surface area contributed by atoms with Gasteiger partial charge in [0.2, 0.25) is 5.91 Å². The van der Waals surface area contributed by atoms with Gasteiger partial charge in [-0.1, -0.05) is 6.07 Å². The first-order valence-electron chi connectivity index (χ1n) is 5.91. The van der Waals surface area contributed by atoms with Gasteiger partial charge in [0.25, 0.3) is 6.01 Å². The van der Waals surface area contributed by atoms with Crippen molar-refractivity contribution in [1.29, 1.82) is 0 Å². The van der Waals surface area contributed by atoms with Crippen LogP contribution in [0.3, 0.4) is 0 Å². The minimum atomic E-state index is 0.0631. The van der Waals surface area contributed by atoms with Gasteiger partial charge in [-0.05, 0) is 12.1 Å². The Bertz CT molecular complexity index is 593. The maximum Gasteiger partial charge on any atom is 0.298 e. The topological polar surface area (TPSA) is 84.4 Å². The Kier molecular flexibility index (Phi) is 2.55. The number of carbonyl (C=O) groups excluding carboxylic acids is 1. The van der Waals surface area contributed by atoms with Crippen molar-refractivity contribution in [1.82, 2.24) is 10.3 Å². The second-order valence-corrected chi connectivity index (χ2v) is 4.28. The van der Waals surface area contributed by atoms with Gasteiger partial charge < -0.3 is 20.4 Å². The van der Waals surface area contributed by atoms with Crippen LogP contribution in [0.1, 0.15) is 6.42 Å². The highest BCUT2D eigenvalue weighted by Crippen LogP contribution is 2.26. The highest BCUT2D eigenvalue weighted by atomic mass is 16.4. The molecule has 1 saturated heterocycles. The molecule has 1 aromatic carbocycles. The SMILES string of the molecule is Nc1cccc2oc(N3CCNC(=O)CC3)nc12. The van der Waals surface area contributed by atoms with Gasteiger partial charge in [0, 0.05) is 26.1 Å². The van der Waals surface area contributed by atoms with Gasteiger partial charge in [-0.2, -0.15) is 4.98 Å². The molecule has 0 unspecified atom stereocenters. The first-order chi connectivity index (χ1) is 8.74. The summed E-state index contributed by atoms with van der Waals surface area (Å²) in [6, 6.07) is 5.99. The monoisotopic (exact) mass is 246 g/mol. The molecule has 18 heavy (non-hydrogen) atoms. The number of nitrogens with two attached hydrogens (primary N) is 1. The molecule has 6 heteroatoms. The summed E-state index contributed by atoms with van der Waals surface area (Å²) in [6.45, 7) is 1.91. The van der Waals surface area contributed by atoms with E-state index in [2.05, 4.69) is 10.3 Å². The van der Waals surface area contributed by atoms with Gasteiger partial charge in [0.15, 0.2) is 5.58 Å². The molecule has 6 nitrogen and oxygen atoms in total. The van der Waals surface area contributed by atoms with Gasteiger partial charge in [-0.25, -0.2) is 0 Å². The van der Waals surface area contributed by atoms with Crippen molar-refractivity contribution in [2.24, 2.45) is 0 Å². The second-order valence-electron chi connectivity index (χ2n) is 4.28. The Morgan fingerprint density at radius 3 is 3.11 bits per heavy atom.